The molecule has 1 aliphatic heterocycles. The van der Waals surface area contributed by atoms with Crippen molar-refractivity contribution in [2.24, 2.45) is 0 Å². The first-order valence-corrected chi connectivity index (χ1v) is 8.44. The van der Waals surface area contributed by atoms with Crippen LogP contribution in [0.4, 0.5) is 10.5 Å². The summed E-state index contributed by atoms with van der Waals surface area (Å²) in [4.78, 5) is 13.2. The molecule has 2 heterocycles. The molecular formula is C19H24N2O4. The molecule has 1 aliphatic rings. The normalized spacial score (nSPS) is 18.1. The van der Waals surface area contributed by atoms with Gasteiger partial charge in [-0.05, 0) is 50.6 Å². The zero-order valence-electron chi connectivity index (χ0n) is 14.8. The van der Waals surface area contributed by atoms with Gasteiger partial charge in [-0.15, -0.1) is 0 Å². The van der Waals surface area contributed by atoms with Gasteiger partial charge in [0.1, 0.15) is 23.7 Å². The van der Waals surface area contributed by atoms with Gasteiger partial charge in [-0.2, -0.15) is 0 Å². The van der Waals surface area contributed by atoms with Crippen LogP contribution in [-0.4, -0.2) is 30.9 Å². The van der Waals surface area contributed by atoms with Crippen molar-refractivity contribution in [3.8, 4) is 0 Å². The smallest absolute Gasteiger partial charge is 0.414 e. The summed E-state index contributed by atoms with van der Waals surface area (Å²) in [6.07, 6.45) is -0.302. The minimum atomic E-state index is -1.08. The van der Waals surface area contributed by atoms with Gasteiger partial charge in [0.15, 0.2) is 0 Å². The molecule has 134 valence electrons. The number of hydrogen-bond donors (Lipinski definition) is 2. The molecule has 1 amide bonds. The number of ether oxygens (including phenoxy) is 1. The molecule has 0 spiro atoms. The number of nitrogens with one attached hydrogen (secondary N) is 1. The summed E-state index contributed by atoms with van der Waals surface area (Å²) < 4.78 is 10.5. The fourth-order valence-corrected chi connectivity index (χ4v) is 2.85. The molecule has 25 heavy (non-hydrogen) atoms. The molecule has 0 radical (unpaired) electrons. The molecule has 1 aromatic heterocycles. The third-order valence-electron chi connectivity index (χ3n) is 4.49. The molecule has 0 bridgehead atoms. The van der Waals surface area contributed by atoms with Crippen LogP contribution in [0.2, 0.25) is 0 Å². The van der Waals surface area contributed by atoms with E-state index in [1.54, 1.807) is 17.9 Å². The van der Waals surface area contributed by atoms with Crippen LogP contribution in [0, 0.1) is 6.92 Å². The van der Waals surface area contributed by atoms with E-state index in [0.717, 1.165) is 17.0 Å². The average Bonchev–Trinajstić information content (AvgIpc) is 3.22. The van der Waals surface area contributed by atoms with Gasteiger partial charge in [-0.25, -0.2) is 4.79 Å². The number of nitrogens with zero attached hydrogens (tertiary/aromatic N) is 1. The molecule has 6 heteroatoms. The minimum absolute atomic E-state index is 0.0436. The zero-order chi connectivity index (χ0) is 18.0. The van der Waals surface area contributed by atoms with Crippen molar-refractivity contribution in [1.82, 2.24) is 5.32 Å². The summed E-state index contributed by atoms with van der Waals surface area (Å²) in [6.45, 7) is 6.99. The highest BCUT2D eigenvalue weighted by atomic mass is 16.6. The Labute approximate surface area is 147 Å². The first-order valence-electron chi connectivity index (χ1n) is 8.44. The number of cyclic esters (lactones) is 1. The van der Waals surface area contributed by atoms with Crippen LogP contribution in [0.5, 0.6) is 0 Å². The lowest BCUT2D eigenvalue weighted by Gasteiger charge is -2.24. The zero-order valence-corrected chi connectivity index (χ0v) is 14.8. The van der Waals surface area contributed by atoms with Gasteiger partial charge in [-0.3, -0.25) is 4.90 Å². The minimum Gasteiger partial charge on any atom is -0.463 e. The number of rotatable bonds is 6. The Bertz CT molecular complexity index is 736. The number of anilines is 1. The Morgan fingerprint density at radius 1 is 1.28 bits per heavy atom. The van der Waals surface area contributed by atoms with E-state index in [1.807, 2.05) is 44.2 Å². The summed E-state index contributed by atoms with van der Waals surface area (Å²) in [5.41, 5.74) is 0.821. The molecule has 1 fully saturated rings. The van der Waals surface area contributed by atoms with E-state index in [-0.39, 0.29) is 12.1 Å². The van der Waals surface area contributed by atoms with E-state index < -0.39 is 5.60 Å². The predicted molar refractivity (Wildman–Crippen MR) is 94.6 cm³/mol. The molecule has 2 atom stereocenters. The van der Waals surface area contributed by atoms with Gasteiger partial charge >= 0.3 is 6.09 Å². The third kappa shape index (κ3) is 3.86. The Kier molecular flexibility index (Phi) is 4.83. The number of aliphatic hydroxyl groups is 1. The molecule has 0 unspecified atom stereocenters. The van der Waals surface area contributed by atoms with Crippen LogP contribution in [0.25, 0.3) is 0 Å². The first kappa shape index (κ1) is 17.5. The van der Waals surface area contributed by atoms with Crippen molar-refractivity contribution in [3.63, 3.8) is 0 Å². The summed E-state index contributed by atoms with van der Waals surface area (Å²) in [5.74, 6) is 1.33. The van der Waals surface area contributed by atoms with Crippen molar-refractivity contribution in [2.75, 3.05) is 24.6 Å². The average molecular weight is 344 g/mol. The molecule has 2 N–H and O–H groups in total. The van der Waals surface area contributed by atoms with Crippen LogP contribution in [0.3, 0.4) is 0 Å². The van der Waals surface area contributed by atoms with Crippen LogP contribution < -0.4 is 10.2 Å². The van der Waals surface area contributed by atoms with E-state index in [4.69, 9.17) is 9.15 Å². The number of benzene rings is 1. The quantitative estimate of drug-likeness (QED) is 0.842. The highest BCUT2D eigenvalue weighted by Crippen LogP contribution is 2.25. The fourth-order valence-electron chi connectivity index (χ4n) is 2.85. The second-order valence-corrected chi connectivity index (χ2v) is 6.64. The molecule has 1 saturated heterocycles. The highest BCUT2D eigenvalue weighted by Gasteiger charge is 2.27. The van der Waals surface area contributed by atoms with Crippen molar-refractivity contribution >= 4 is 11.8 Å². The van der Waals surface area contributed by atoms with E-state index in [2.05, 4.69) is 5.32 Å². The lowest BCUT2D eigenvalue weighted by molar-refractivity contribution is 0.0313. The van der Waals surface area contributed by atoms with E-state index >= 15 is 0 Å². The predicted octanol–water partition coefficient (Wildman–Crippen LogP) is 3.10. The molecule has 0 saturated carbocycles. The maximum absolute atomic E-state index is 11.6. The Hall–Kier alpha value is -2.31. The monoisotopic (exact) mass is 344 g/mol. The van der Waals surface area contributed by atoms with Crippen LogP contribution in [-0.2, 0) is 10.3 Å². The van der Waals surface area contributed by atoms with Gasteiger partial charge in [0, 0.05) is 18.3 Å². The summed E-state index contributed by atoms with van der Waals surface area (Å²) in [5, 5.41) is 13.9. The SMILES string of the molecule is Cc1ccc([C@](C)(O)CN[C@H](C)c2ccc(N3CCOC3=O)cc2)o1. The maximum Gasteiger partial charge on any atom is 0.414 e. The molecule has 6 nitrogen and oxygen atoms in total. The number of amides is 1. The van der Waals surface area contributed by atoms with E-state index in [1.165, 1.54) is 0 Å². The Morgan fingerprint density at radius 3 is 2.56 bits per heavy atom. The Morgan fingerprint density at radius 2 is 2.00 bits per heavy atom. The molecular weight excluding hydrogens is 320 g/mol. The van der Waals surface area contributed by atoms with Gasteiger partial charge in [0.25, 0.3) is 0 Å². The summed E-state index contributed by atoms with van der Waals surface area (Å²) in [7, 11) is 0. The van der Waals surface area contributed by atoms with E-state index in [9.17, 15) is 9.90 Å². The van der Waals surface area contributed by atoms with Crippen molar-refractivity contribution in [1.29, 1.82) is 0 Å². The van der Waals surface area contributed by atoms with Gasteiger partial charge in [-0.1, -0.05) is 12.1 Å². The lowest BCUT2D eigenvalue weighted by atomic mass is 10.0. The first-order chi connectivity index (χ1) is 11.9. The Balaban J connectivity index is 1.61. The number of carbonyl (C=O) groups is 1. The topological polar surface area (TPSA) is 74.9 Å². The van der Waals surface area contributed by atoms with Crippen molar-refractivity contribution in [3.05, 3.63) is 53.5 Å². The van der Waals surface area contributed by atoms with Gasteiger partial charge in [0.05, 0.1) is 6.54 Å². The summed E-state index contributed by atoms with van der Waals surface area (Å²) >= 11 is 0. The highest BCUT2D eigenvalue weighted by molar-refractivity contribution is 5.89. The number of carbonyl (C=O) groups excluding carboxylic acids is 1. The lowest BCUT2D eigenvalue weighted by Crippen LogP contribution is -2.36. The third-order valence-corrected chi connectivity index (χ3v) is 4.49. The number of aryl methyl sites for hydroxylation is 1. The van der Waals surface area contributed by atoms with Crippen molar-refractivity contribution < 1.29 is 19.1 Å². The second kappa shape index (κ2) is 6.90. The maximum atomic E-state index is 11.6. The standard InChI is InChI=1S/C19H24N2O4/c1-13-4-9-17(25-13)19(3,23)12-20-14(2)15-5-7-16(8-6-15)21-10-11-24-18(21)22/h4-9,14,20,23H,10-12H2,1-3H3/t14-,19-/m1/s1. The van der Waals surface area contributed by atoms with E-state index in [0.29, 0.717) is 25.5 Å². The largest absolute Gasteiger partial charge is 0.463 e. The molecule has 3 rings (SSSR count). The molecule has 1 aromatic carbocycles. The van der Waals surface area contributed by atoms with Crippen LogP contribution in [0.15, 0.2) is 40.8 Å². The van der Waals surface area contributed by atoms with Gasteiger partial charge in [0.2, 0.25) is 0 Å². The van der Waals surface area contributed by atoms with Crippen LogP contribution >= 0.6 is 0 Å². The summed E-state index contributed by atoms with van der Waals surface area (Å²) in [6, 6.07) is 11.5. The fraction of sp³-hybridized carbons (Fsp3) is 0.421. The number of hydrogen-bond acceptors (Lipinski definition) is 5. The van der Waals surface area contributed by atoms with Crippen LogP contribution in [0.1, 0.15) is 37.0 Å². The number of furan rings is 1. The molecule has 0 aliphatic carbocycles. The molecule has 2 aromatic rings. The second-order valence-electron chi connectivity index (χ2n) is 6.64. The van der Waals surface area contributed by atoms with Crippen molar-refractivity contribution in [2.45, 2.75) is 32.4 Å². The van der Waals surface area contributed by atoms with Gasteiger partial charge < -0.3 is 19.6 Å².